The molecule has 0 N–H and O–H groups in total. The van der Waals surface area contributed by atoms with Gasteiger partial charge >= 0.3 is 53.3 Å². The van der Waals surface area contributed by atoms with Gasteiger partial charge in [0.1, 0.15) is 0 Å². The van der Waals surface area contributed by atoms with Crippen molar-refractivity contribution in [1.29, 1.82) is 0 Å². The molecule has 2 rings (SSSR count). The Morgan fingerprint density at radius 3 is 0.774 bits per heavy atom. The first-order valence-electron chi connectivity index (χ1n) is 6.78. The zero-order valence-corrected chi connectivity index (χ0v) is 13.1. The van der Waals surface area contributed by atoms with Crippen molar-refractivity contribution in [1.82, 2.24) is 0 Å². The van der Waals surface area contributed by atoms with Crippen LogP contribution >= 0.6 is 0 Å². The largest absolute Gasteiger partial charge is 0.432 e. The fourth-order valence-electron chi connectivity index (χ4n) is 3.35. The fourth-order valence-corrected chi connectivity index (χ4v) is 3.35. The van der Waals surface area contributed by atoms with Crippen LogP contribution in [0.25, 0.3) is 0 Å². The molecule has 0 unspecified atom stereocenters. The van der Waals surface area contributed by atoms with Gasteiger partial charge < -0.3 is 0 Å². The summed E-state index contributed by atoms with van der Waals surface area (Å²) in [6, 6.07) is 0. The summed E-state index contributed by atoms with van der Waals surface area (Å²) in [7, 11) is 0. The SMILES string of the molecule is FC1(F)C(F)(F)C(F)(F)[C@@]2(F)[C@](F)(C1(F)F)C(F)(F)C(F)(F)C(F)(F)[C@]2(F)C(F)(F)F. The maximum atomic E-state index is 14.6. The van der Waals surface area contributed by atoms with Gasteiger partial charge in [0.05, 0.1) is 0 Å². The van der Waals surface area contributed by atoms with Crippen molar-refractivity contribution in [2.45, 2.75) is 64.6 Å². The molecule has 0 aliphatic heterocycles. The molecule has 0 aromatic carbocycles. The summed E-state index contributed by atoms with van der Waals surface area (Å²) < 4.78 is 270. The lowest BCUT2D eigenvalue weighted by atomic mass is 9.50. The molecule has 0 heterocycles. The quantitative estimate of drug-likeness (QED) is 0.342. The van der Waals surface area contributed by atoms with Crippen LogP contribution in [0.5, 0.6) is 0 Å². The Morgan fingerprint density at radius 2 is 0.516 bits per heavy atom. The van der Waals surface area contributed by atoms with Crippen molar-refractivity contribution in [2.24, 2.45) is 0 Å². The van der Waals surface area contributed by atoms with E-state index in [-0.39, 0.29) is 0 Å². The van der Waals surface area contributed by atoms with Gasteiger partial charge in [-0.05, 0) is 0 Å². The van der Waals surface area contributed by atoms with Crippen molar-refractivity contribution < 1.29 is 87.8 Å². The summed E-state index contributed by atoms with van der Waals surface area (Å²) in [6.07, 6.45) is -8.58. The lowest BCUT2D eigenvalue weighted by molar-refractivity contribution is -0.564. The Morgan fingerprint density at radius 1 is 0.290 bits per heavy atom. The highest BCUT2D eigenvalue weighted by atomic mass is 19.4. The molecule has 2 aliphatic carbocycles. The lowest BCUT2D eigenvalue weighted by Gasteiger charge is -2.65. The van der Waals surface area contributed by atoms with Crippen LogP contribution in [0.2, 0.25) is 0 Å². The Labute approximate surface area is 154 Å². The molecule has 0 aromatic rings. The van der Waals surface area contributed by atoms with Crippen LogP contribution in [0.15, 0.2) is 0 Å². The highest BCUT2D eigenvalue weighted by Gasteiger charge is 3.16. The van der Waals surface area contributed by atoms with E-state index in [1.165, 1.54) is 0 Å². The summed E-state index contributed by atoms with van der Waals surface area (Å²) in [4.78, 5) is 0. The summed E-state index contributed by atoms with van der Waals surface area (Å²) in [5.41, 5.74) is -27.2. The second kappa shape index (κ2) is 5.22. The molecule has 0 radical (unpaired) electrons. The molecule has 0 saturated heterocycles. The van der Waals surface area contributed by atoms with E-state index in [0.717, 1.165) is 0 Å². The number of halogens is 20. The van der Waals surface area contributed by atoms with E-state index in [0.29, 0.717) is 0 Å². The first-order valence-corrected chi connectivity index (χ1v) is 6.78. The Bertz CT molecular complexity index is 779. The molecule has 2 aliphatic rings. The van der Waals surface area contributed by atoms with E-state index >= 15 is 0 Å². The third-order valence-corrected chi connectivity index (χ3v) is 5.04. The van der Waals surface area contributed by atoms with Crippen LogP contribution in [0.4, 0.5) is 87.8 Å². The predicted molar refractivity (Wildman–Crippen MR) is 52.2 cm³/mol. The minimum Gasteiger partial charge on any atom is -0.228 e. The van der Waals surface area contributed by atoms with Crippen LogP contribution in [-0.4, -0.2) is 64.6 Å². The minimum absolute atomic E-state index is 8.45. The molecule has 20 heteroatoms. The van der Waals surface area contributed by atoms with Gasteiger partial charge in [0.15, 0.2) is 0 Å². The molecule has 2 fully saturated rings. The van der Waals surface area contributed by atoms with Crippen molar-refractivity contribution in [3.8, 4) is 0 Å². The average Bonchev–Trinajstić information content (AvgIpc) is 2.54. The van der Waals surface area contributed by atoms with Crippen molar-refractivity contribution in [3.63, 3.8) is 0 Å². The van der Waals surface area contributed by atoms with Gasteiger partial charge in [0, 0.05) is 0 Å². The summed E-state index contributed by atoms with van der Waals surface area (Å²) >= 11 is 0. The predicted octanol–water partition coefficient (Wildman–Crippen LogP) is 6.15. The molecule has 0 aromatic heterocycles. The number of rotatable bonds is 0. The van der Waals surface area contributed by atoms with Gasteiger partial charge in [0.2, 0.25) is 0 Å². The van der Waals surface area contributed by atoms with Crippen LogP contribution in [-0.2, 0) is 0 Å². The Kier molecular flexibility index (Phi) is 4.35. The minimum atomic E-state index is -9.16. The van der Waals surface area contributed by atoms with E-state index in [9.17, 15) is 87.8 Å². The van der Waals surface area contributed by atoms with Crippen molar-refractivity contribution >= 4 is 0 Å². The second-order valence-electron chi connectivity index (χ2n) is 6.49. The number of alkyl halides is 20. The van der Waals surface area contributed by atoms with Crippen LogP contribution in [0.3, 0.4) is 0 Å². The number of hydrogen-bond acceptors (Lipinski definition) is 0. The molecular formula is C11F20. The Balaban J connectivity index is 3.37. The zero-order chi connectivity index (χ0) is 25.5. The first-order chi connectivity index (χ1) is 13.0. The van der Waals surface area contributed by atoms with Crippen LogP contribution in [0.1, 0.15) is 0 Å². The normalized spacial score (nSPS) is 43.7. The molecule has 2 saturated carbocycles. The van der Waals surface area contributed by atoms with Gasteiger partial charge in [-0.1, -0.05) is 0 Å². The molecule has 184 valence electrons. The number of fused-ring (bicyclic) bond motifs is 1. The van der Waals surface area contributed by atoms with Gasteiger partial charge in [-0.25, -0.2) is 13.2 Å². The van der Waals surface area contributed by atoms with Gasteiger partial charge in [-0.3, -0.25) is 0 Å². The maximum absolute atomic E-state index is 14.6. The maximum Gasteiger partial charge on any atom is 0.432 e. The average molecular weight is 512 g/mol. The third kappa shape index (κ3) is 1.78. The van der Waals surface area contributed by atoms with E-state index < -0.39 is 64.6 Å². The monoisotopic (exact) mass is 512 g/mol. The molecule has 0 amide bonds. The second-order valence-corrected chi connectivity index (χ2v) is 6.49. The molecule has 0 nitrogen and oxygen atoms in total. The highest BCUT2D eigenvalue weighted by molar-refractivity contribution is 5.45. The lowest BCUT2D eigenvalue weighted by Crippen LogP contribution is -3.00. The fraction of sp³-hybridized carbons (Fsp3) is 1.00. The molecule has 3 atom stereocenters. The summed E-state index contributed by atoms with van der Waals surface area (Å²) in [6.45, 7) is 0. The van der Waals surface area contributed by atoms with E-state index in [1.807, 2.05) is 0 Å². The summed E-state index contributed by atoms with van der Waals surface area (Å²) in [5, 5.41) is 0. The van der Waals surface area contributed by atoms with Gasteiger partial charge in [0.25, 0.3) is 11.3 Å². The molecule has 0 spiro atoms. The van der Waals surface area contributed by atoms with E-state index in [4.69, 9.17) is 0 Å². The number of hydrogen-bond donors (Lipinski definition) is 0. The van der Waals surface area contributed by atoms with Crippen molar-refractivity contribution in [2.75, 3.05) is 0 Å². The van der Waals surface area contributed by atoms with Gasteiger partial charge in [-0.15, -0.1) is 0 Å². The smallest absolute Gasteiger partial charge is 0.228 e. The van der Waals surface area contributed by atoms with E-state index in [1.54, 1.807) is 0 Å². The zero-order valence-electron chi connectivity index (χ0n) is 13.1. The topological polar surface area (TPSA) is 0 Å². The van der Waals surface area contributed by atoms with Gasteiger partial charge in [-0.2, -0.15) is 74.6 Å². The van der Waals surface area contributed by atoms with Crippen LogP contribution < -0.4 is 0 Å². The third-order valence-electron chi connectivity index (χ3n) is 5.04. The first kappa shape index (κ1) is 25.9. The molecule has 0 bridgehead atoms. The van der Waals surface area contributed by atoms with E-state index in [2.05, 4.69) is 0 Å². The standard InChI is InChI=1S/C11F20/c12-1-2(13,6(19,20)10(27,28)9(25,26)4(1,15)16)5(17,18)8(23,24)7(21,22)3(1,14)11(29,30)31/t1-,2-,3+/m1/s1. The molecular weight excluding hydrogens is 512 g/mol. The molecule has 31 heavy (non-hydrogen) atoms. The summed E-state index contributed by atoms with van der Waals surface area (Å²) in [5.74, 6) is -60.7. The Hall–Kier alpha value is -1.40. The van der Waals surface area contributed by atoms with Crippen LogP contribution in [0, 0.1) is 0 Å². The highest BCUT2D eigenvalue weighted by Crippen LogP contribution is 2.82. The van der Waals surface area contributed by atoms with Crippen molar-refractivity contribution in [3.05, 3.63) is 0 Å².